The fourth-order valence-electron chi connectivity index (χ4n) is 13.8. The average Bonchev–Trinajstić information content (AvgIpc) is 1.31. The van der Waals surface area contributed by atoms with Crippen LogP contribution in [0.5, 0.6) is 0 Å². The fraction of sp³-hybridized carbons (Fsp3) is 0.437. The first-order valence-electron chi connectivity index (χ1n) is 39.4. The van der Waals surface area contributed by atoms with Crippen molar-refractivity contribution in [2.24, 2.45) is 0 Å². The first-order valence-corrected chi connectivity index (χ1v) is 42.4. The minimum Gasteiger partial charge on any atom is -0.445 e. The number of aliphatic hydroxyl groups excluding tert-OH is 4. The molecule has 4 saturated heterocycles. The molecule has 20 atom stereocenters. The van der Waals surface area contributed by atoms with Gasteiger partial charge in [0.1, 0.15) is 118 Å². The summed E-state index contributed by atoms with van der Waals surface area (Å²) < 4.78 is 104. The maximum absolute atomic E-state index is 14.7. The van der Waals surface area contributed by atoms with Crippen molar-refractivity contribution in [1.29, 1.82) is 0 Å². The van der Waals surface area contributed by atoms with Crippen LogP contribution in [0, 0.1) is 0 Å². The van der Waals surface area contributed by atoms with Gasteiger partial charge in [0.2, 0.25) is 0 Å². The van der Waals surface area contributed by atoms with Crippen molar-refractivity contribution in [1.82, 2.24) is 26.6 Å². The molecule has 0 spiro atoms. The quantitative estimate of drug-likeness (QED) is 0.0105. The molecular formula is C87H105N5O25Si. The van der Waals surface area contributed by atoms with Gasteiger partial charge in [-0.05, 0) is 57.9 Å². The van der Waals surface area contributed by atoms with Gasteiger partial charge in [-0.25, -0.2) is 24.0 Å². The van der Waals surface area contributed by atoms with Crippen molar-refractivity contribution in [3.63, 3.8) is 0 Å². The highest BCUT2D eigenvalue weighted by atomic mass is 28.4. The molecule has 9 N–H and O–H groups in total. The molecular weight excluding hydrogens is 1540 g/mol. The Kier molecular flexibility index (Phi) is 31.7. The standard InChI is InChI=1S/C87H105N5O25Si/c1-87(2,3)118(4,5)110-54-66-75(116-79-67(91-85(100)108-51-59-36-21-10-22-37-59)71(95)70(94)64(111-79)47-88-82(97)105-48-56-30-15-7-16-31-56)77(103-45-44-102-43-27-40-55-28-13-6-14-29-55)81(113-66)117-76-69(93)62(89-83(98)106-49-57-32-17-8-18-33-57)46-63(90-84(99)107-50-58-34-19-9-20-35-58)73(76)114-80-68(92-86(101)109-52-60-38-23-11-24-39-60)72(96)74-65(112-80)53-104-78(115-74)61-41-25-12-26-42-61/h6-42,62-81,93-96H,43-54H2,1-5H3,(H,88,97)(H,89,98)(H,90,99)(H,91,100)(H,92,101)/b40-27+/t62-,63+,64+,65-,66-,67-,68-,69+,70-,71-,72-,73-,74-,75-,76-,77-,78?,79-,80-,81+/m1/s1. The number of carbonyl (C=O) groups excluding carboxylic acids is 5. The average molecular weight is 1650 g/mol. The summed E-state index contributed by atoms with van der Waals surface area (Å²) in [5.74, 6) is 0. The molecule has 7 aromatic rings. The van der Waals surface area contributed by atoms with E-state index in [4.69, 9.17) is 75.5 Å². The summed E-state index contributed by atoms with van der Waals surface area (Å²) >= 11 is 0. The van der Waals surface area contributed by atoms with E-state index in [0.29, 0.717) is 33.4 Å². The Labute approximate surface area is 686 Å². The van der Waals surface area contributed by atoms with Gasteiger partial charge in [-0.2, -0.15) is 0 Å². The van der Waals surface area contributed by atoms with Crippen LogP contribution in [0.4, 0.5) is 24.0 Å². The largest absolute Gasteiger partial charge is 0.445 e. The lowest BCUT2D eigenvalue weighted by Crippen LogP contribution is -2.71. The molecule has 5 amide bonds. The number of alkyl carbamates (subject to hydrolysis) is 5. The van der Waals surface area contributed by atoms with Crippen molar-refractivity contribution >= 4 is 44.9 Å². The number of hydrogen-bond donors (Lipinski definition) is 9. The van der Waals surface area contributed by atoms with Gasteiger partial charge in [-0.1, -0.05) is 245 Å². The lowest BCUT2D eigenvalue weighted by Gasteiger charge is -2.51. The third-order valence-electron chi connectivity index (χ3n) is 21.2. The first-order chi connectivity index (χ1) is 57.1. The summed E-state index contributed by atoms with van der Waals surface area (Å²) in [5, 5.41) is 64.1. The van der Waals surface area contributed by atoms with Gasteiger partial charge < -0.3 is 122 Å². The SMILES string of the molecule is CC(C)(C)[Si](C)(C)OC[C@H]1O[C@@H](O[C@@H]2[C@@H](O)[C@H](NC(=O)OCc3ccccc3)C[C@H](NC(=O)OCc3ccccc3)[C@H]2O[C@H]2O[C@@H]3COC(c4ccccc4)O[C@H]3[C@H](O)[C@H]2NC(=O)OCc2ccccc2)[C@H](OCCOC/C=C/c2ccccc2)[C@@H]1O[C@H]1O[C@@H](CNC(=O)OCc2ccccc2)[C@@H](O)[C@H](O)[C@H]1NC(=O)OCc1ccccc1. The molecule has 7 aromatic carbocycles. The zero-order valence-corrected chi connectivity index (χ0v) is 67.3. The minimum absolute atomic E-state index is 0.0895. The van der Waals surface area contributed by atoms with Crippen molar-refractivity contribution in [3.05, 3.63) is 257 Å². The second-order valence-electron chi connectivity index (χ2n) is 30.6. The molecule has 0 aromatic heterocycles. The van der Waals surface area contributed by atoms with Gasteiger partial charge in [0.25, 0.3) is 0 Å². The Balaban J connectivity index is 0.936. The number of amides is 5. The van der Waals surface area contributed by atoms with Crippen LogP contribution < -0.4 is 26.6 Å². The topological polar surface area (TPSA) is 374 Å². The van der Waals surface area contributed by atoms with Crippen molar-refractivity contribution in [3.8, 4) is 0 Å². The molecule has 1 unspecified atom stereocenters. The third-order valence-corrected chi connectivity index (χ3v) is 25.7. The molecule has 5 fully saturated rings. The fourth-order valence-corrected chi connectivity index (χ4v) is 14.8. The smallest absolute Gasteiger partial charge is 0.407 e. The van der Waals surface area contributed by atoms with Crippen LogP contribution in [0.2, 0.25) is 18.1 Å². The van der Waals surface area contributed by atoms with Gasteiger partial charge in [0, 0.05) is 12.1 Å². The molecule has 632 valence electrons. The Morgan fingerprint density at radius 1 is 0.458 bits per heavy atom. The Morgan fingerprint density at radius 3 is 1.42 bits per heavy atom. The van der Waals surface area contributed by atoms with Crippen LogP contribution in [0.15, 0.2) is 218 Å². The Bertz CT molecular complexity index is 4270. The van der Waals surface area contributed by atoms with E-state index in [1.807, 2.05) is 88.5 Å². The van der Waals surface area contributed by atoms with Crippen LogP contribution in [0.1, 0.15) is 72.4 Å². The number of hydrogen-bond acceptors (Lipinski definition) is 25. The maximum Gasteiger partial charge on any atom is 0.407 e. The van der Waals surface area contributed by atoms with Crippen molar-refractivity contribution in [2.75, 3.05) is 39.6 Å². The second kappa shape index (κ2) is 42.8. The van der Waals surface area contributed by atoms with E-state index in [9.17, 15) is 44.4 Å². The van der Waals surface area contributed by atoms with Gasteiger partial charge >= 0.3 is 30.5 Å². The number of ether oxygens (including phenoxy) is 15. The summed E-state index contributed by atoms with van der Waals surface area (Å²) in [6, 6.07) is 56.7. The first kappa shape index (κ1) is 87.6. The number of rotatable bonds is 33. The van der Waals surface area contributed by atoms with Crippen molar-refractivity contribution < 1.29 is 120 Å². The number of fused-ring (bicyclic) bond motifs is 1. The molecule has 0 radical (unpaired) electrons. The summed E-state index contributed by atoms with van der Waals surface area (Å²) in [5.41, 5.74) is 4.73. The van der Waals surface area contributed by atoms with Gasteiger partial charge in [0.15, 0.2) is 33.5 Å². The Morgan fingerprint density at radius 2 is 0.898 bits per heavy atom. The molecule has 30 nitrogen and oxygen atoms in total. The zero-order chi connectivity index (χ0) is 83.0. The zero-order valence-electron chi connectivity index (χ0n) is 66.3. The molecule has 1 aliphatic carbocycles. The predicted molar refractivity (Wildman–Crippen MR) is 427 cm³/mol. The van der Waals surface area contributed by atoms with Crippen LogP contribution in [0.25, 0.3) is 6.08 Å². The monoisotopic (exact) mass is 1650 g/mol. The number of aliphatic hydroxyl groups is 4. The summed E-state index contributed by atoms with van der Waals surface area (Å²) in [6.45, 7) is 7.97. The lowest BCUT2D eigenvalue weighted by atomic mass is 9.83. The van der Waals surface area contributed by atoms with Gasteiger partial charge in [0.05, 0.1) is 45.1 Å². The van der Waals surface area contributed by atoms with Crippen LogP contribution in [-0.2, 0) is 109 Å². The van der Waals surface area contributed by atoms with E-state index in [-0.39, 0.29) is 72.5 Å². The Hall–Kier alpha value is -9.75. The van der Waals surface area contributed by atoms with E-state index in [0.717, 1.165) is 5.56 Å². The van der Waals surface area contributed by atoms with Crippen LogP contribution in [0.3, 0.4) is 0 Å². The highest BCUT2D eigenvalue weighted by molar-refractivity contribution is 6.74. The van der Waals surface area contributed by atoms with Gasteiger partial charge in [-0.15, -0.1) is 0 Å². The van der Waals surface area contributed by atoms with E-state index in [2.05, 4.69) is 26.6 Å². The van der Waals surface area contributed by atoms with E-state index in [1.165, 1.54) is 0 Å². The third kappa shape index (κ3) is 24.7. The second-order valence-corrected chi connectivity index (χ2v) is 35.4. The molecule has 1 saturated carbocycles. The highest BCUT2D eigenvalue weighted by Gasteiger charge is 2.59. The number of carbonyl (C=O) groups is 5. The van der Waals surface area contributed by atoms with Crippen LogP contribution >= 0.6 is 0 Å². The lowest BCUT2D eigenvalue weighted by molar-refractivity contribution is -0.358. The molecule has 31 heteroatoms. The van der Waals surface area contributed by atoms with E-state index < -0.39 is 173 Å². The molecule has 0 bridgehead atoms. The summed E-state index contributed by atoms with van der Waals surface area (Å²) in [4.78, 5) is 71.0. The minimum atomic E-state index is -2.83. The molecule has 5 aliphatic rings. The molecule has 12 rings (SSSR count). The number of nitrogens with one attached hydrogen (secondary N) is 5. The van der Waals surface area contributed by atoms with E-state index in [1.54, 1.807) is 170 Å². The predicted octanol–water partition coefficient (Wildman–Crippen LogP) is 9.52. The highest BCUT2D eigenvalue weighted by Crippen LogP contribution is 2.42. The van der Waals surface area contributed by atoms with Crippen molar-refractivity contribution in [2.45, 2.75) is 201 Å². The normalized spacial score (nSPS) is 27.6. The molecule has 4 heterocycles. The molecule has 118 heavy (non-hydrogen) atoms. The van der Waals surface area contributed by atoms with Crippen LogP contribution in [-0.4, -0.2) is 215 Å². The van der Waals surface area contributed by atoms with E-state index >= 15 is 0 Å². The maximum atomic E-state index is 14.7. The molecule has 4 aliphatic heterocycles. The summed E-state index contributed by atoms with van der Waals surface area (Å²) in [7, 11) is -2.83. The summed E-state index contributed by atoms with van der Waals surface area (Å²) in [6.07, 6.45) is -27.2. The number of benzene rings is 7. The van der Waals surface area contributed by atoms with Gasteiger partial charge in [-0.3, -0.25) is 0 Å².